The van der Waals surface area contributed by atoms with Crippen LogP contribution in [0.5, 0.6) is 0 Å². The van der Waals surface area contributed by atoms with Crippen molar-refractivity contribution in [3.8, 4) is 0 Å². The number of azo groups is 1. The minimum atomic E-state index is 0.635. The van der Waals surface area contributed by atoms with E-state index in [4.69, 9.17) is 0 Å². The lowest BCUT2D eigenvalue weighted by molar-refractivity contribution is 0.000393. The minimum absolute atomic E-state index is 0.635. The number of hydroxylamine groups is 2. The average molecular weight is 211 g/mol. The molecule has 1 N–H and O–H groups in total. The average Bonchev–Trinajstić information content (AvgIpc) is 2.74. The van der Waals surface area contributed by atoms with Gasteiger partial charge in [-0.15, -0.1) is 10.2 Å². The van der Waals surface area contributed by atoms with Crippen LogP contribution in [-0.2, 0) is 0 Å². The van der Waals surface area contributed by atoms with E-state index in [0.29, 0.717) is 11.4 Å². The first-order chi connectivity index (χ1) is 7.86. The molecule has 0 aromatic heterocycles. The van der Waals surface area contributed by atoms with Crippen LogP contribution < -0.4 is 0 Å². The fraction of sp³-hybridized carbons (Fsp3) is 0. The predicted molar refractivity (Wildman–Crippen MR) is 59.8 cm³/mol. The molecule has 2 aliphatic heterocycles. The third-order valence-electron chi connectivity index (χ3n) is 2.50. The highest BCUT2D eigenvalue weighted by Gasteiger charge is 2.19. The predicted octanol–water partition coefficient (Wildman–Crippen LogP) is 3.23. The van der Waals surface area contributed by atoms with Crippen molar-refractivity contribution in [1.82, 2.24) is 5.06 Å². The lowest BCUT2D eigenvalue weighted by Gasteiger charge is -2.16. The fourth-order valence-corrected chi connectivity index (χ4v) is 1.73. The van der Waals surface area contributed by atoms with Gasteiger partial charge in [0.05, 0.1) is 11.4 Å². The lowest BCUT2D eigenvalue weighted by Crippen LogP contribution is -2.12. The summed E-state index contributed by atoms with van der Waals surface area (Å²) in [4.78, 5) is 0. The first-order valence-corrected chi connectivity index (χ1v) is 4.95. The summed E-state index contributed by atoms with van der Waals surface area (Å²) in [5, 5.41) is 18.9. The second-order valence-electron chi connectivity index (χ2n) is 3.50. The Kier molecular flexibility index (Phi) is 1.94. The van der Waals surface area contributed by atoms with Gasteiger partial charge in [-0.05, 0) is 18.2 Å². The largest absolute Gasteiger partial charge is 0.284 e. The maximum Gasteiger partial charge on any atom is 0.121 e. The molecule has 78 valence electrons. The molecule has 0 unspecified atom stereocenters. The first kappa shape index (κ1) is 9.06. The molecule has 0 aliphatic carbocycles. The molecule has 0 spiro atoms. The summed E-state index contributed by atoms with van der Waals surface area (Å²) in [5.41, 5.74) is 3.10. The molecule has 3 rings (SSSR count). The van der Waals surface area contributed by atoms with Crippen molar-refractivity contribution >= 4 is 11.4 Å². The van der Waals surface area contributed by atoms with Crippen LogP contribution in [0.15, 0.2) is 64.6 Å². The Hall–Kier alpha value is -2.20. The number of fused-ring (bicyclic) bond motifs is 1. The summed E-state index contributed by atoms with van der Waals surface area (Å²) in [6, 6.07) is 7.69. The molecule has 1 aromatic carbocycles. The summed E-state index contributed by atoms with van der Waals surface area (Å²) in [7, 11) is 0. The van der Waals surface area contributed by atoms with E-state index in [2.05, 4.69) is 10.2 Å². The highest BCUT2D eigenvalue weighted by molar-refractivity contribution is 5.80. The maximum absolute atomic E-state index is 9.69. The van der Waals surface area contributed by atoms with Gasteiger partial charge in [-0.3, -0.25) is 5.21 Å². The number of allylic oxidation sites excluding steroid dienone is 3. The van der Waals surface area contributed by atoms with E-state index in [-0.39, 0.29) is 0 Å². The van der Waals surface area contributed by atoms with Crippen LogP contribution in [0, 0.1) is 0 Å². The third kappa shape index (κ3) is 1.28. The second kappa shape index (κ2) is 3.43. The number of benzene rings is 1. The van der Waals surface area contributed by atoms with Gasteiger partial charge >= 0.3 is 0 Å². The Morgan fingerprint density at radius 3 is 2.81 bits per heavy atom. The van der Waals surface area contributed by atoms with Crippen molar-refractivity contribution in [1.29, 1.82) is 0 Å². The number of rotatable bonds is 0. The van der Waals surface area contributed by atoms with E-state index in [1.54, 1.807) is 18.4 Å². The summed E-state index contributed by atoms with van der Waals surface area (Å²) in [5.74, 6) is 0. The van der Waals surface area contributed by atoms with Crippen LogP contribution in [-0.4, -0.2) is 10.3 Å². The monoisotopic (exact) mass is 211 g/mol. The Bertz CT molecular complexity index is 555. The van der Waals surface area contributed by atoms with Gasteiger partial charge in [-0.2, -0.15) is 0 Å². The zero-order chi connectivity index (χ0) is 11.0. The van der Waals surface area contributed by atoms with Crippen LogP contribution in [0.1, 0.15) is 5.56 Å². The topological polar surface area (TPSA) is 48.2 Å². The number of hydrogen-bond acceptors (Lipinski definition) is 4. The molecule has 4 heteroatoms. The van der Waals surface area contributed by atoms with E-state index >= 15 is 0 Å². The Morgan fingerprint density at radius 2 is 1.94 bits per heavy atom. The summed E-state index contributed by atoms with van der Waals surface area (Å²) in [6.45, 7) is 0. The van der Waals surface area contributed by atoms with Gasteiger partial charge in [0, 0.05) is 11.8 Å². The van der Waals surface area contributed by atoms with Crippen molar-refractivity contribution in [2.75, 3.05) is 0 Å². The summed E-state index contributed by atoms with van der Waals surface area (Å²) in [6.07, 6.45) is 6.98. The van der Waals surface area contributed by atoms with E-state index in [1.165, 1.54) is 0 Å². The molecule has 0 amide bonds. The first-order valence-electron chi connectivity index (χ1n) is 4.95. The molecule has 0 bridgehead atoms. The third-order valence-corrected chi connectivity index (χ3v) is 2.50. The van der Waals surface area contributed by atoms with Crippen LogP contribution in [0.2, 0.25) is 0 Å². The molecule has 1 aromatic rings. The molecule has 4 nitrogen and oxygen atoms in total. The van der Waals surface area contributed by atoms with Gasteiger partial charge < -0.3 is 0 Å². The van der Waals surface area contributed by atoms with E-state index in [1.807, 2.05) is 30.3 Å². The number of nitrogens with zero attached hydrogens (tertiary/aromatic N) is 3. The maximum atomic E-state index is 9.69. The van der Waals surface area contributed by atoms with E-state index in [9.17, 15) is 5.21 Å². The SMILES string of the molecule is ON1C=CC=CC1=C1N=Nc2ccccc21. The van der Waals surface area contributed by atoms with Crippen LogP contribution in [0.3, 0.4) is 0 Å². The minimum Gasteiger partial charge on any atom is -0.284 e. The van der Waals surface area contributed by atoms with Gasteiger partial charge in [-0.25, -0.2) is 5.06 Å². The smallest absolute Gasteiger partial charge is 0.121 e. The van der Waals surface area contributed by atoms with Crippen molar-refractivity contribution in [3.63, 3.8) is 0 Å². The van der Waals surface area contributed by atoms with Crippen molar-refractivity contribution < 1.29 is 5.21 Å². The molecule has 2 aliphatic rings. The molecule has 2 heterocycles. The molecular weight excluding hydrogens is 202 g/mol. The molecule has 0 fully saturated rings. The van der Waals surface area contributed by atoms with Crippen molar-refractivity contribution in [3.05, 3.63) is 60.0 Å². The van der Waals surface area contributed by atoms with Gasteiger partial charge in [0.15, 0.2) is 0 Å². The van der Waals surface area contributed by atoms with Crippen LogP contribution in [0.4, 0.5) is 5.69 Å². The Morgan fingerprint density at radius 1 is 1.06 bits per heavy atom. The van der Waals surface area contributed by atoms with Gasteiger partial charge in [0.1, 0.15) is 5.70 Å². The van der Waals surface area contributed by atoms with Crippen LogP contribution in [0.25, 0.3) is 5.70 Å². The molecular formula is C12H9N3O. The molecule has 0 saturated heterocycles. The van der Waals surface area contributed by atoms with Crippen LogP contribution >= 0.6 is 0 Å². The van der Waals surface area contributed by atoms with E-state index < -0.39 is 0 Å². The van der Waals surface area contributed by atoms with Gasteiger partial charge in [-0.1, -0.05) is 24.3 Å². The molecule has 16 heavy (non-hydrogen) atoms. The zero-order valence-electron chi connectivity index (χ0n) is 8.41. The van der Waals surface area contributed by atoms with Gasteiger partial charge in [0.2, 0.25) is 0 Å². The Balaban J connectivity index is 2.17. The fourth-order valence-electron chi connectivity index (χ4n) is 1.73. The lowest BCUT2D eigenvalue weighted by atomic mass is 10.1. The quantitative estimate of drug-likeness (QED) is 0.716. The molecule has 0 radical (unpaired) electrons. The molecule has 0 atom stereocenters. The zero-order valence-corrected chi connectivity index (χ0v) is 8.41. The van der Waals surface area contributed by atoms with Crippen molar-refractivity contribution in [2.24, 2.45) is 10.2 Å². The highest BCUT2D eigenvalue weighted by Crippen LogP contribution is 2.37. The van der Waals surface area contributed by atoms with Gasteiger partial charge in [0.25, 0.3) is 0 Å². The summed E-state index contributed by atoms with van der Waals surface area (Å²) < 4.78 is 0. The normalized spacial score (nSPS) is 21.7. The Labute approximate surface area is 92.5 Å². The number of hydrogen-bond donors (Lipinski definition) is 1. The highest BCUT2D eigenvalue weighted by atomic mass is 16.5. The second-order valence-corrected chi connectivity index (χ2v) is 3.50. The van der Waals surface area contributed by atoms with Crippen molar-refractivity contribution in [2.45, 2.75) is 0 Å². The molecule has 0 saturated carbocycles. The summed E-state index contributed by atoms with van der Waals surface area (Å²) >= 11 is 0. The van der Waals surface area contributed by atoms with E-state index in [0.717, 1.165) is 16.3 Å². The standard InChI is InChI=1S/C12H9N3O/c16-15-8-4-3-7-11(15)12-9-5-1-2-6-10(9)13-14-12/h1-8,16H.